The van der Waals surface area contributed by atoms with Crippen LogP contribution in [0.5, 0.6) is 0 Å². The van der Waals surface area contributed by atoms with E-state index in [1.807, 2.05) is 39.5 Å². The van der Waals surface area contributed by atoms with Gasteiger partial charge < -0.3 is 4.90 Å². The van der Waals surface area contributed by atoms with E-state index < -0.39 is 0 Å². The van der Waals surface area contributed by atoms with Gasteiger partial charge in [-0.2, -0.15) is 0 Å². The molecule has 0 radical (unpaired) electrons. The van der Waals surface area contributed by atoms with Gasteiger partial charge >= 0.3 is 5.69 Å². The van der Waals surface area contributed by atoms with E-state index in [0.717, 1.165) is 49.1 Å². The zero-order valence-electron chi connectivity index (χ0n) is 22.9. The Morgan fingerprint density at radius 1 is 0.846 bits per heavy atom. The molecule has 1 aliphatic rings. The van der Waals surface area contributed by atoms with Gasteiger partial charge in [0.05, 0.1) is 17.6 Å². The molecule has 206 valence electrons. The van der Waals surface area contributed by atoms with Crippen LogP contribution in [0.1, 0.15) is 55.1 Å². The summed E-state index contributed by atoms with van der Waals surface area (Å²) in [4.78, 5) is 28.9. The van der Waals surface area contributed by atoms with Gasteiger partial charge in [0.15, 0.2) is 5.78 Å². The number of likely N-dealkylation sites (tertiary alicyclic amines) is 1. The Bertz CT molecular complexity index is 1490. The molecule has 4 aromatic rings. The average Bonchev–Trinajstić information content (AvgIpc) is 3.18. The summed E-state index contributed by atoms with van der Waals surface area (Å²) in [5, 5.41) is 0. The number of para-hydroxylation sites is 2. The Morgan fingerprint density at radius 2 is 1.44 bits per heavy atom. The van der Waals surface area contributed by atoms with Gasteiger partial charge in [0.2, 0.25) is 0 Å². The maximum atomic E-state index is 13.7. The van der Waals surface area contributed by atoms with Crippen LogP contribution in [0.15, 0.2) is 77.6 Å². The molecule has 0 atom stereocenters. The molecule has 1 aromatic heterocycles. The van der Waals surface area contributed by atoms with Crippen LogP contribution >= 0.6 is 12.4 Å². The summed E-state index contributed by atoms with van der Waals surface area (Å²) < 4.78 is 17.0. The quantitative estimate of drug-likeness (QED) is 0.254. The molecule has 1 fully saturated rings. The van der Waals surface area contributed by atoms with Crippen LogP contribution < -0.4 is 5.69 Å². The summed E-state index contributed by atoms with van der Waals surface area (Å²) in [5.74, 6) is -0.268. The summed E-state index contributed by atoms with van der Waals surface area (Å²) >= 11 is 0. The SMILES string of the molecule is CC(C)(C)c1ccccc1Cn1c(=O)n(CCN2CCC(C(=O)c3ccc(F)cc3)CC2)c2ccccc21.Cl. The molecule has 1 saturated heterocycles. The van der Waals surface area contributed by atoms with Gasteiger partial charge in [-0.15, -0.1) is 12.4 Å². The Morgan fingerprint density at radius 3 is 2.08 bits per heavy atom. The number of rotatable bonds is 7. The number of fused-ring (bicyclic) bond motifs is 1. The fourth-order valence-corrected chi connectivity index (χ4v) is 5.71. The molecule has 5 nitrogen and oxygen atoms in total. The first-order valence-electron chi connectivity index (χ1n) is 13.5. The van der Waals surface area contributed by atoms with Gasteiger partial charge in [-0.3, -0.25) is 13.9 Å². The zero-order chi connectivity index (χ0) is 26.9. The average molecular weight is 550 g/mol. The number of ketones is 1. The smallest absolute Gasteiger partial charge is 0.302 e. The summed E-state index contributed by atoms with van der Waals surface area (Å²) in [5.41, 5.74) is 4.90. The van der Waals surface area contributed by atoms with E-state index >= 15 is 0 Å². The van der Waals surface area contributed by atoms with Crippen molar-refractivity contribution in [3.05, 3.63) is 106 Å². The second-order valence-electron chi connectivity index (χ2n) is 11.4. The highest BCUT2D eigenvalue weighted by atomic mass is 35.5. The second-order valence-corrected chi connectivity index (χ2v) is 11.4. The van der Waals surface area contributed by atoms with Crippen LogP contribution in [0.4, 0.5) is 4.39 Å². The first-order chi connectivity index (χ1) is 18.2. The van der Waals surface area contributed by atoms with E-state index in [0.29, 0.717) is 18.7 Å². The summed E-state index contributed by atoms with van der Waals surface area (Å²) in [6.45, 7) is 10.1. The molecule has 0 amide bonds. The molecule has 3 aromatic carbocycles. The first kappa shape index (κ1) is 28.8. The molecule has 7 heteroatoms. The zero-order valence-corrected chi connectivity index (χ0v) is 23.7. The van der Waals surface area contributed by atoms with E-state index in [1.165, 1.54) is 17.7 Å². The molecule has 0 unspecified atom stereocenters. The third kappa shape index (κ3) is 6.18. The molecular weight excluding hydrogens is 513 g/mol. The van der Waals surface area contributed by atoms with Gasteiger partial charge in [0, 0.05) is 24.6 Å². The van der Waals surface area contributed by atoms with Crippen LogP contribution in [-0.2, 0) is 18.5 Å². The number of halogens is 2. The van der Waals surface area contributed by atoms with Gasteiger partial charge in [-0.25, -0.2) is 9.18 Å². The van der Waals surface area contributed by atoms with Gasteiger partial charge in [0.1, 0.15) is 5.82 Å². The molecule has 2 heterocycles. The number of hydrogen-bond donors (Lipinski definition) is 0. The molecule has 5 rings (SSSR count). The highest BCUT2D eigenvalue weighted by molar-refractivity contribution is 5.97. The highest BCUT2D eigenvalue weighted by Gasteiger charge is 2.26. The molecular formula is C32H37ClFN3O2. The van der Waals surface area contributed by atoms with Gasteiger partial charge in [-0.05, 0) is 78.9 Å². The second kappa shape index (κ2) is 11.9. The minimum absolute atomic E-state index is 0. The lowest BCUT2D eigenvalue weighted by Gasteiger charge is -2.31. The number of carbonyl (C=O) groups excluding carboxylic acids is 1. The minimum Gasteiger partial charge on any atom is -0.302 e. The minimum atomic E-state index is -0.327. The number of hydrogen-bond acceptors (Lipinski definition) is 3. The van der Waals surface area contributed by atoms with Crippen LogP contribution in [0.25, 0.3) is 11.0 Å². The lowest BCUT2D eigenvalue weighted by atomic mass is 9.84. The standard InChI is InChI=1S/C32H36FN3O2.ClH/c1-32(2,3)27-9-5-4-8-25(27)22-36-29-11-7-6-10-28(29)35(31(36)38)21-20-34-18-16-24(17-19-34)30(37)23-12-14-26(33)15-13-23;/h4-15,24H,16-22H2,1-3H3;1H. The summed E-state index contributed by atoms with van der Waals surface area (Å²) in [6.07, 6.45) is 1.55. The maximum Gasteiger partial charge on any atom is 0.329 e. The van der Waals surface area contributed by atoms with E-state index in [1.54, 1.807) is 12.1 Å². The number of carbonyl (C=O) groups is 1. The van der Waals surface area contributed by atoms with Crippen LogP contribution in [0, 0.1) is 11.7 Å². The van der Waals surface area contributed by atoms with Gasteiger partial charge in [0.25, 0.3) is 0 Å². The first-order valence-corrected chi connectivity index (χ1v) is 13.5. The highest BCUT2D eigenvalue weighted by Crippen LogP contribution is 2.27. The molecule has 1 aliphatic heterocycles. The summed E-state index contributed by atoms with van der Waals surface area (Å²) in [7, 11) is 0. The Hall–Kier alpha value is -3.22. The fourth-order valence-electron chi connectivity index (χ4n) is 5.71. The van der Waals surface area contributed by atoms with Crippen molar-refractivity contribution in [2.45, 2.75) is 52.1 Å². The predicted molar refractivity (Wildman–Crippen MR) is 158 cm³/mol. The van der Waals surface area contributed by atoms with Crippen molar-refractivity contribution in [1.82, 2.24) is 14.0 Å². The van der Waals surface area contributed by atoms with Crippen molar-refractivity contribution in [3.63, 3.8) is 0 Å². The van der Waals surface area contributed by atoms with Crippen molar-refractivity contribution < 1.29 is 9.18 Å². The molecule has 0 aliphatic carbocycles. The largest absolute Gasteiger partial charge is 0.329 e. The van der Waals surface area contributed by atoms with E-state index in [-0.39, 0.29) is 41.0 Å². The van der Waals surface area contributed by atoms with E-state index in [4.69, 9.17) is 0 Å². The van der Waals surface area contributed by atoms with Crippen LogP contribution in [0.2, 0.25) is 0 Å². The molecule has 0 N–H and O–H groups in total. The van der Waals surface area contributed by atoms with Crippen molar-refractivity contribution >= 4 is 29.2 Å². The van der Waals surface area contributed by atoms with Crippen LogP contribution in [-0.4, -0.2) is 39.5 Å². The summed E-state index contributed by atoms with van der Waals surface area (Å²) in [6, 6.07) is 22.2. The Labute approximate surface area is 235 Å². The van der Waals surface area contributed by atoms with Crippen molar-refractivity contribution in [2.75, 3.05) is 19.6 Å². The number of benzene rings is 3. The molecule has 0 spiro atoms. The fraction of sp³-hybridized carbons (Fsp3) is 0.375. The van der Waals surface area contributed by atoms with E-state index in [9.17, 15) is 14.0 Å². The monoisotopic (exact) mass is 549 g/mol. The number of imidazole rings is 1. The molecule has 0 bridgehead atoms. The van der Waals surface area contributed by atoms with Crippen molar-refractivity contribution in [1.29, 1.82) is 0 Å². The lowest BCUT2D eigenvalue weighted by molar-refractivity contribution is 0.0837. The third-order valence-corrected chi connectivity index (χ3v) is 7.81. The number of nitrogens with zero attached hydrogens (tertiary/aromatic N) is 3. The third-order valence-electron chi connectivity index (χ3n) is 7.81. The number of aromatic nitrogens is 2. The number of piperidine rings is 1. The Kier molecular flexibility index (Phi) is 8.77. The van der Waals surface area contributed by atoms with Crippen LogP contribution in [0.3, 0.4) is 0 Å². The number of Topliss-reactive ketones (excluding diaryl/α,β-unsaturated/α-hetero) is 1. The molecule has 39 heavy (non-hydrogen) atoms. The topological polar surface area (TPSA) is 47.2 Å². The molecule has 0 saturated carbocycles. The maximum absolute atomic E-state index is 13.7. The van der Waals surface area contributed by atoms with Crippen molar-refractivity contribution in [3.8, 4) is 0 Å². The van der Waals surface area contributed by atoms with E-state index in [2.05, 4.69) is 43.9 Å². The van der Waals surface area contributed by atoms with Gasteiger partial charge in [-0.1, -0.05) is 57.2 Å². The van der Waals surface area contributed by atoms with Crippen molar-refractivity contribution in [2.24, 2.45) is 5.92 Å². The normalized spacial score (nSPS) is 14.9. The Balaban J connectivity index is 0.00000353. The predicted octanol–water partition coefficient (Wildman–Crippen LogP) is 6.30. The lowest BCUT2D eigenvalue weighted by Crippen LogP contribution is -2.39.